The number of para-hydroxylation sites is 1. The lowest BCUT2D eigenvalue weighted by Crippen LogP contribution is -2.27. The average molecular weight is 454 g/mol. The Labute approximate surface area is 191 Å². The smallest absolute Gasteiger partial charge is 0.375 e. The fourth-order valence-corrected chi connectivity index (χ4v) is 3.21. The summed E-state index contributed by atoms with van der Waals surface area (Å²) in [6.45, 7) is 6.70. The maximum absolute atomic E-state index is 13.4. The molecule has 0 aliphatic rings. The Hall–Kier alpha value is -3.81. The molecule has 3 rings (SSSR count). The summed E-state index contributed by atoms with van der Waals surface area (Å²) < 4.78 is 27.0. The van der Waals surface area contributed by atoms with Gasteiger partial charge in [0.15, 0.2) is 6.61 Å². The minimum atomic E-state index is -0.780. The summed E-state index contributed by atoms with van der Waals surface area (Å²) in [5, 5.41) is 0.230. The van der Waals surface area contributed by atoms with Crippen molar-refractivity contribution in [3.63, 3.8) is 0 Å². The summed E-state index contributed by atoms with van der Waals surface area (Å²) in [6.07, 6.45) is 0. The van der Waals surface area contributed by atoms with Crippen molar-refractivity contribution >= 4 is 22.9 Å². The number of methoxy groups -OCH3 is 1. The van der Waals surface area contributed by atoms with Crippen LogP contribution < -0.4 is 14.9 Å². The largest absolute Gasteiger partial charge is 0.496 e. The van der Waals surface area contributed by atoms with Crippen LogP contribution in [0.1, 0.15) is 38.2 Å². The zero-order chi connectivity index (χ0) is 24.2. The maximum Gasteiger partial charge on any atom is 0.375 e. The number of carbonyl (C=O) groups is 2. The summed E-state index contributed by atoms with van der Waals surface area (Å²) >= 11 is 0. The van der Waals surface area contributed by atoms with Crippen molar-refractivity contribution in [2.75, 3.05) is 20.3 Å². The Kier molecular flexibility index (Phi) is 7.06. The lowest BCUT2D eigenvalue weighted by molar-refractivity contribution is -0.157. The van der Waals surface area contributed by atoms with E-state index in [9.17, 15) is 14.4 Å². The highest BCUT2D eigenvalue weighted by atomic mass is 16.6. The first-order chi connectivity index (χ1) is 15.6. The minimum Gasteiger partial charge on any atom is -0.496 e. The molecule has 3 aromatic rings. The highest BCUT2D eigenvalue weighted by Crippen LogP contribution is 2.33. The van der Waals surface area contributed by atoms with Gasteiger partial charge in [-0.15, -0.1) is 0 Å². The first-order valence-corrected chi connectivity index (χ1v) is 10.4. The Morgan fingerprint density at radius 1 is 1.06 bits per heavy atom. The van der Waals surface area contributed by atoms with Gasteiger partial charge >= 0.3 is 11.9 Å². The van der Waals surface area contributed by atoms with Gasteiger partial charge in [0, 0.05) is 11.6 Å². The van der Waals surface area contributed by atoms with E-state index >= 15 is 0 Å². The van der Waals surface area contributed by atoms with E-state index in [1.807, 2.05) is 0 Å². The van der Waals surface area contributed by atoms with Crippen molar-refractivity contribution in [1.29, 1.82) is 0 Å². The van der Waals surface area contributed by atoms with E-state index in [1.54, 1.807) is 58.0 Å². The third-order valence-electron chi connectivity index (χ3n) is 4.48. The molecule has 0 fully saturated rings. The molecule has 1 heterocycles. The third-order valence-corrected chi connectivity index (χ3v) is 4.48. The Balaban J connectivity index is 2.08. The lowest BCUT2D eigenvalue weighted by atomic mass is 10.0. The zero-order valence-electron chi connectivity index (χ0n) is 19.2. The van der Waals surface area contributed by atoms with Crippen LogP contribution in [0, 0.1) is 0 Å². The van der Waals surface area contributed by atoms with Crippen molar-refractivity contribution < 1.29 is 33.0 Å². The van der Waals surface area contributed by atoms with Crippen LogP contribution in [0.15, 0.2) is 51.7 Å². The van der Waals surface area contributed by atoms with E-state index in [0.717, 1.165) is 0 Å². The van der Waals surface area contributed by atoms with Crippen molar-refractivity contribution in [3.05, 3.63) is 58.4 Å². The van der Waals surface area contributed by atoms with Crippen molar-refractivity contribution in [3.8, 4) is 22.6 Å². The molecule has 1 aromatic heterocycles. The molecule has 2 aromatic carbocycles. The van der Waals surface area contributed by atoms with Gasteiger partial charge in [-0.1, -0.05) is 18.2 Å². The van der Waals surface area contributed by atoms with E-state index in [1.165, 1.54) is 19.2 Å². The van der Waals surface area contributed by atoms with Gasteiger partial charge in [0.25, 0.3) is 0 Å². The van der Waals surface area contributed by atoms with E-state index in [4.69, 9.17) is 23.4 Å². The Bertz CT molecular complexity index is 1230. The quantitative estimate of drug-likeness (QED) is 0.485. The van der Waals surface area contributed by atoms with Gasteiger partial charge in [0.05, 0.1) is 24.7 Å². The second-order valence-electron chi connectivity index (χ2n) is 8.09. The van der Waals surface area contributed by atoms with Gasteiger partial charge in [-0.25, -0.2) is 9.59 Å². The molecule has 8 heteroatoms. The number of benzene rings is 2. The van der Waals surface area contributed by atoms with Crippen LogP contribution in [0.3, 0.4) is 0 Å². The van der Waals surface area contributed by atoms with E-state index < -0.39 is 23.0 Å². The van der Waals surface area contributed by atoms with Gasteiger partial charge in [0.1, 0.15) is 22.7 Å². The van der Waals surface area contributed by atoms with Crippen molar-refractivity contribution in [1.82, 2.24) is 0 Å². The first kappa shape index (κ1) is 23.8. The van der Waals surface area contributed by atoms with Crippen LogP contribution in [-0.4, -0.2) is 37.9 Å². The van der Waals surface area contributed by atoms with E-state index in [2.05, 4.69) is 0 Å². The summed E-state index contributed by atoms with van der Waals surface area (Å²) in [7, 11) is 1.47. The predicted molar refractivity (Wildman–Crippen MR) is 122 cm³/mol. The Morgan fingerprint density at radius 3 is 2.45 bits per heavy atom. The first-order valence-electron chi connectivity index (χ1n) is 10.4. The molecular formula is C25H26O8. The molecule has 0 saturated heterocycles. The second-order valence-corrected chi connectivity index (χ2v) is 8.09. The second kappa shape index (κ2) is 9.77. The Morgan fingerprint density at radius 2 is 1.79 bits per heavy atom. The number of fused-ring (bicyclic) bond motifs is 1. The highest BCUT2D eigenvalue weighted by Gasteiger charge is 2.25. The number of ether oxygens (including phenoxy) is 4. The molecule has 0 atom stereocenters. The van der Waals surface area contributed by atoms with Gasteiger partial charge in [0.2, 0.25) is 11.2 Å². The highest BCUT2D eigenvalue weighted by molar-refractivity contribution is 5.98. The molecule has 0 radical (unpaired) electrons. The average Bonchev–Trinajstić information content (AvgIpc) is 2.76. The van der Waals surface area contributed by atoms with Crippen LogP contribution in [0.4, 0.5) is 0 Å². The predicted octanol–water partition coefficient (Wildman–Crippen LogP) is 4.37. The van der Waals surface area contributed by atoms with Crippen LogP contribution in [0.2, 0.25) is 0 Å². The number of esters is 2. The number of hydrogen-bond donors (Lipinski definition) is 0. The van der Waals surface area contributed by atoms with Gasteiger partial charge in [-0.05, 0) is 45.9 Å². The number of hydrogen-bond acceptors (Lipinski definition) is 8. The number of carbonyl (C=O) groups excluding carboxylic acids is 2. The summed E-state index contributed by atoms with van der Waals surface area (Å²) in [5.74, 6) is -0.883. The van der Waals surface area contributed by atoms with Crippen LogP contribution in [0.5, 0.6) is 11.5 Å². The molecule has 0 aliphatic heterocycles. The summed E-state index contributed by atoms with van der Waals surface area (Å²) in [6, 6.07) is 11.3. The third kappa shape index (κ3) is 5.52. The number of rotatable bonds is 7. The molecular weight excluding hydrogens is 428 g/mol. The SMILES string of the molecule is CCOC(=O)c1oc2cc(OCC(=O)OC(C)(C)C)ccc2c(=O)c1-c1ccccc1OC. The van der Waals surface area contributed by atoms with Crippen LogP contribution in [-0.2, 0) is 14.3 Å². The van der Waals surface area contributed by atoms with Crippen LogP contribution >= 0.6 is 0 Å². The molecule has 0 unspecified atom stereocenters. The molecule has 0 N–H and O–H groups in total. The topological polar surface area (TPSA) is 101 Å². The molecule has 0 amide bonds. The van der Waals surface area contributed by atoms with E-state index in [-0.39, 0.29) is 41.3 Å². The maximum atomic E-state index is 13.4. The standard InChI is InChI=1S/C25H26O8/c1-6-30-24(28)23-21(16-9-7-8-10-18(16)29-5)22(27)17-12-11-15(13-19(17)32-23)31-14-20(26)33-25(2,3)4/h7-13H,6,14H2,1-5H3. The van der Waals surface area contributed by atoms with Gasteiger partial charge in [-0.2, -0.15) is 0 Å². The van der Waals surface area contributed by atoms with Gasteiger partial charge < -0.3 is 23.4 Å². The molecule has 8 nitrogen and oxygen atoms in total. The van der Waals surface area contributed by atoms with Gasteiger partial charge in [-0.3, -0.25) is 4.79 Å². The summed E-state index contributed by atoms with van der Waals surface area (Å²) in [4.78, 5) is 38.0. The zero-order valence-corrected chi connectivity index (χ0v) is 19.2. The van der Waals surface area contributed by atoms with Crippen molar-refractivity contribution in [2.24, 2.45) is 0 Å². The monoisotopic (exact) mass is 454 g/mol. The van der Waals surface area contributed by atoms with Crippen molar-refractivity contribution in [2.45, 2.75) is 33.3 Å². The molecule has 0 aliphatic carbocycles. The fourth-order valence-electron chi connectivity index (χ4n) is 3.21. The minimum absolute atomic E-state index is 0.0424. The molecule has 33 heavy (non-hydrogen) atoms. The molecule has 0 saturated carbocycles. The fraction of sp³-hybridized carbons (Fsp3) is 0.320. The normalized spacial score (nSPS) is 11.2. The lowest BCUT2D eigenvalue weighted by Gasteiger charge is -2.19. The molecule has 0 bridgehead atoms. The molecule has 0 spiro atoms. The van der Waals surface area contributed by atoms with Crippen LogP contribution in [0.25, 0.3) is 22.1 Å². The molecule has 174 valence electrons. The van der Waals surface area contributed by atoms with E-state index in [0.29, 0.717) is 11.3 Å². The summed E-state index contributed by atoms with van der Waals surface area (Å²) in [5.41, 5.74) is -0.504.